The van der Waals surface area contributed by atoms with Gasteiger partial charge in [-0.15, -0.1) is 0 Å². The van der Waals surface area contributed by atoms with E-state index in [0.717, 1.165) is 42.9 Å². The summed E-state index contributed by atoms with van der Waals surface area (Å²) in [5.41, 5.74) is 1.71. The highest BCUT2D eigenvalue weighted by Crippen LogP contribution is 2.33. The Morgan fingerprint density at radius 3 is 2.78 bits per heavy atom. The number of hydrogen-bond donors (Lipinski definition) is 3. The Labute approximate surface area is 224 Å². The van der Waals surface area contributed by atoms with Gasteiger partial charge in [0, 0.05) is 60.0 Å². The molecule has 1 amide bonds. The Morgan fingerprint density at radius 2 is 2.08 bits per heavy atom. The van der Waals surface area contributed by atoms with Gasteiger partial charge in [0.2, 0.25) is 5.91 Å². The fraction of sp³-hybridized carbons (Fsp3) is 0.370. The van der Waals surface area contributed by atoms with Crippen LogP contribution < -0.4 is 10.6 Å². The van der Waals surface area contributed by atoms with E-state index in [2.05, 4.69) is 41.4 Å². The van der Waals surface area contributed by atoms with E-state index < -0.39 is 0 Å². The first-order chi connectivity index (χ1) is 18.0. The average Bonchev–Trinajstić information content (AvgIpc) is 3.66. The van der Waals surface area contributed by atoms with Crippen molar-refractivity contribution in [3.05, 3.63) is 59.4 Å². The summed E-state index contributed by atoms with van der Waals surface area (Å²) in [4.78, 5) is 23.3. The molecule has 3 saturated heterocycles. The fourth-order valence-corrected chi connectivity index (χ4v) is 5.08. The average molecular weight is 568 g/mol. The van der Waals surface area contributed by atoms with Gasteiger partial charge in [0.25, 0.3) is 0 Å². The highest BCUT2D eigenvalue weighted by atomic mass is 79.9. The molecule has 3 aliphatic heterocycles. The maximum Gasteiger partial charge on any atom is 0.248 e. The highest BCUT2D eigenvalue weighted by Gasteiger charge is 2.38. The zero-order valence-electron chi connectivity index (χ0n) is 20.4. The van der Waals surface area contributed by atoms with Crippen molar-refractivity contribution in [1.82, 2.24) is 14.9 Å². The van der Waals surface area contributed by atoms with Gasteiger partial charge < -0.3 is 25.2 Å². The molecule has 2 unspecified atom stereocenters. The normalized spacial score (nSPS) is 20.8. The number of likely N-dealkylation sites (tertiary alicyclic amines) is 1. The van der Waals surface area contributed by atoms with E-state index in [-0.39, 0.29) is 11.7 Å². The Kier molecular flexibility index (Phi) is 8.30. The Morgan fingerprint density at radius 1 is 1.22 bits per heavy atom. The third-order valence-electron chi connectivity index (χ3n) is 6.55. The van der Waals surface area contributed by atoms with Gasteiger partial charge in [0.05, 0.1) is 23.9 Å². The number of aromatic nitrogens is 2. The number of carbonyl (C=O) groups is 1. The van der Waals surface area contributed by atoms with Gasteiger partial charge in [0.15, 0.2) is 0 Å². The number of phenols is 1. The van der Waals surface area contributed by atoms with Crippen LogP contribution in [0.25, 0.3) is 10.9 Å². The quantitative estimate of drug-likeness (QED) is 0.293. The standard InChI is InChI=1S/C23H22BrN5O3.C4H8O/c24-14-3-1-4-15(7-14)27-23-18-9-20(21(30)10-19(18)25-13-26-23)28-22(31)5-2-6-29-11-17-8-16(29)12-32-17;1-2-4-5-3-1/h1-5,7,9-10,13,16-17,30H,6,8,11-12H2,(H,28,31)(H,25,26,27);1-4H2/b5-2+;. The first-order valence-corrected chi connectivity index (χ1v) is 13.3. The number of nitrogens with zero attached hydrogens (tertiary/aromatic N) is 3. The number of rotatable bonds is 6. The molecule has 1 aromatic heterocycles. The highest BCUT2D eigenvalue weighted by molar-refractivity contribution is 9.10. The molecule has 0 radical (unpaired) electrons. The number of amides is 1. The van der Waals surface area contributed by atoms with Gasteiger partial charge >= 0.3 is 0 Å². The minimum atomic E-state index is -0.307. The van der Waals surface area contributed by atoms with Crippen molar-refractivity contribution in [1.29, 1.82) is 0 Å². The molecule has 3 fully saturated rings. The van der Waals surface area contributed by atoms with E-state index in [0.29, 0.717) is 41.1 Å². The molecule has 2 atom stereocenters. The molecular weight excluding hydrogens is 538 g/mol. The zero-order chi connectivity index (χ0) is 25.6. The van der Waals surface area contributed by atoms with E-state index in [1.54, 1.807) is 6.07 Å². The van der Waals surface area contributed by atoms with Crippen LogP contribution in [0, 0.1) is 0 Å². The molecule has 194 valence electrons. The van der Waals surface area contributed by atoms with Crippen molar-refractivity contribution in [2.24, 2.45) is 0 Å². The third-order valence-corrected chi connectivity index (χ3v) is 7.04. The smallest absolute Gasteiger partial charge is 0.248 e. The molecule has 6 rings (SSSR count). The lowest BCUT2D eigenvalue weighted by molar-refractivity contribution is -0.111. The molecule has 4 heterocycles. The fourth-order valence-electron chi connectivity index (χ4n) is 4.68. The largest absolute Gasteiger partial charge is 0.506 e. The predicted molar refractivity (Wildman–Crippen MR) is 146 cm³/mol. The molecule has 0 saturated carbocycles. The number of nitrogens with one attached hydrogen (secondary N) is 2. The summed E-state index contributed by atoms with van der Waals surface area (Å²) in [5.74, 6) is 0.212. The first kappa shape index (κ1) is 25.6. The van der Waals surface area contributed by atoms with Crippen molar-refractivity contribution < 1.29 is 19.4 Å². The molecule has 3 aliphatic rings. The molecular formula is C27H30BrN5O4. The molecule has 2 bridgehead atoms. The lowest BCUT2D eigenvalue weighted by Gasteiger charge is -2.24. The molecule has 37 heavy (non-hydrogen) atoms. The van der Waals surface area contributed by atoms with Crippen LogP contribution in [0.4, 0.5) is 17.2 Å². The van der Waals surface area contributed by atoms with Gasteiger partial charge in [-0.3, -0.25) is 9.69 Å². The first-order valence-electron chi connectivity index (χ1n) is 12.5. The van der Waals surface area contributed by atoms with Crippen LogP contribution in [0.1, 0.15) is 19.3 Å². The van der Waals surface area contributed by atoms with E-state index in [1.165, 1.54) is 31.3 Å². The lowest BCUT2D eigenvalue weighted by Crippen LogP contribution is -2.36. The van der Waals surface area contributed by atoms with Gasteiger partial charge in [-0.25, -0.2) is 9.97 Å². The molecule has 3 aromatic rings. The molecule has 10 heteroatoms. The number of anilines is 3. The lowest BCUT2D eigenvalue weighted by atomic mass is 10.2. The van der Waals surface area contributed by atoms with Gasteiger partial charge in [0.1, 0.15) is 17.9 Å². The zero-order valence-corrected chi connectivity index (χ0v) is 22.0. The number of ether oxygens (including phenoxy) is 2. The van der Waals surface area contributed by atoms with Crippen molar-refractivity contribution in [2.75, 3.05) is 43.5 Å². The summed E-state index contributed by atoms with van der Waals surface area (Å²) in [6.45, 7) is 4.39. The molecule has 2 aromatic carbocycles. The van der Waals surface area contributed by atoms with Crippen molar-refractivity contribution in [3.8, 4) is 5.75 Å². The number of halogens is 1. The Balaban J connectivity index is 0.000000503. The van der Waals surface area contributed by atoms with Crippen molar-refractivity contribution in [3.63, 3.8) is 0 Å². The van der Waals surface area contributed by atoms with Crippen molar-refractivity contribution in [2.45, 2.75) is 31.4 Å². The monoisotopic (exact) mass is 567 g/mol. The third kappa shape index (κ3) is 6.64. The van der Waals surface area contributed by atoms with Crippen LogP contribution >= 0.6 is 15.9 Å². The number of carbonyl (C=O) groups excluding carboxylic acids is 1. The minimum Gasteiger partial charge on any atom is -0.506 e. The van der Waals surface area contributed by atoms with E-state index in [4.69, 9.17) is 9.47 Å². The van der Waals surface area contributed by atoms with Gasteiger partial charge in [-0.2, -0.15) is 0 Å². The van der Waals surface area contributed by atoms with Crippen LogP contribution in [0.2, 0.25) is 0 Å². The second kappa shape index (κ2) is 12.0. The van der Waals surface area contributed by atoms with Crippen LogP contribution in [-0.2, 0) is 14.3 Å². The maximum absolute atomic E-state index is 12.4. The number of hydrogen-bond acceptors (Lipinski definition) is 8. The molecule has 9 nitrogen and oxygen atoms in total. The Hall–Kier alpha value is -3.05. The van der Waals surface area contributed by atoms with Crippen LogP contribution in [0.5, 0.6) is 5.75 Å². The van der Waals surface area contributed by atoms with E-state index in [1.807, 2.05) is 30.3 Å². The summed E-state index contributed by atoms with van der Waals surface area (Å²) in [5, 5.41) is 17.1. The molecule has 0 aliphatic carbocycles. The summed E-state index contributed by atoms with van der Waals surface area (Å²) in [6, 6.07) is 11.3. The van der Waals surface area contributed by atoms with E-state index >= 15 is 0 Å². The number of phenolic OH excluding ortho intramolecular Hbond substituents is 1. The topological polar surface area (TPSA) is 109 Å². The molecule has 3 N–H and O–H groups in total. The van der Waals surface area contributed by atoms with Crippen molar-refractivity contribution >= 4 is 49.9 Å². The molecule has 0 spiro atoms. The summed E-state index contributed by atoms with van der Waals surface area (Å²) in [7, 11) is 0. The Bertz CT molecular complexity index is 1280. The SMILES string of the molecule is C1CCOC1.O=C(/C=C/CN1CC2CC1CO2)Nc1cc2c(Nc3cccc(Br)c3)ncnc2cc1O. The number of fused-ring (bicyclic) bond motifs is 3. The summed E-state index contributed by atoms with van der Waals surface area (Å²) < 4.78 is 11.5. The maximum atomic E-state index is 12.4. The predicted octanol–water partition coefficient (Wildman–Crippen LogP) is 4.61. The van der Waals surface area contributed by atoms with E-state index in [9.17, 15) is 9.90 Å². The second-order valence-electron chi connectivity index (χ2n) is 9.25. The van der Waals surface area contributed by atoms with Crippen LogP contribution in [0.3, 0.4) is 0 Å². The number of morpholine rings is 1. The second-order valence-corrected chi connectivity index (χ2v) is 10.2. The van der Waals surface area contributed by atoms with Crippen LogP contribution in [-0.4, -0.2) is 70.9 Å². The number of benzene rings is 2. The summed E-state index contributed by atoms with van der Waals surface area (Å²) >= 11 is 3.46. The van der Waals surface area contributed by atoms with Gasteiger partial charge in [-0.1, -0.05) is 28.1 Å². The van der Waals surface area contributed by atoms with Gasteiger partial charge in [-0.05, 0) is 43.5 Å². The van der Waals surface area contributed by atoms with Crippen LogP contribution in [0.15, 0.2) is 59.4 Å². The number of aromatic hydroxyl groups is 1. The summed E-state index contributed by atoms with van der Waals surface area (Å²) in [6.07, 6.45) is 8.73. The minimum absolute atomic E-state index is 0.0552.